The molecular weight excluding hydrogens is 525 g/mol. The standard InChI is InChI=1S/C28H26FN3O6S/c1-36-24-12-7-18-15-32(28-30-22-11-8-19(29)13-25(22)38-28)23(27(33)31-39(34,35)20-9-10-20)14-21(18)26(24)37-16-17-5-3-2-4-6-17/h2-8,11-13,20,23H,9-10,14-16H2,1H3,(H,31,33). The molecule has 39 heavy (non-hydrogen) atoms. The van der Waals surface area contributed by atoms with E-state index < -0.39 is 33.0 Å². The van der Waals surface area contributed by atoms with Crippen LogP contribution in [-0.4, -0.2) is 37.7 Å². The number of sulfonamides is 1. The maximum absolute atomic E-state index is 13.8. The second kappa shape index (κ2) is 9.88. The highest BCUT2D eigenvalue weighted by Gasteiger charge is 2.42. The molecule has 2 heterocycles. The highest BCUT2D eigenvalue weighted by Crippen LogP contribution is 2.40. The number of benzene rings is 3. The van der Waals surface area contributed by atoms with Gasteiger partial charge < -0.3 is 18.8 Å². The summed E-state index contributed by atoms with van der Waals surface area (Å²) in [7, 11) is -2.26. The Kier molecular flexibility index (Phi) is 6.38. The summed E-state index contributed by atoms with van der Waals surface area (Å²) in [5.74, 6) is -0.189. The number of hydrogen-bond acceptors (Lipinski definition) is 8. The number of carbonyl (C=O) groups excluding carboxylic acids is 1. The minimum absolute atomic E-state index is 0.0905. The van der Waals surface area contributed by atoms with E-state index in [-0.39, 0.29) is 31.2 Å². The molecule has 1 saturated carbocycles. The first-order valence-electron chi connectivity index (χ1n) is 12.6. The first-order chi connectivity index (χ1) is 18.8. The van der Waals surface area contributed by atoms with Crippen LogP contribution in [0.5, 0.6) is 11.5 Å². The molecule has 6 rings (SSSR count). The van der Waals surface area contributed by atoms with Gasteiger partial charge in [0.25, 0.3) is 11.9 Å². The molecule has 1 unspecified atom stereocenters. The van der Waals surface area contributed by atoms with E-state index >= 15 is 0 Å². The van der Waals surface area contributed by atoms with Gasteiger partial charge in [-0.25, -0.2) is 12.8 Å². The van der Waals surface area contributed by atoms with Crippen LogP contribution >= 0.6 is 0 Å². The SMILES string of the molecule is COc1ccc2c(c1OCc1ccccc1)CC(C(=O)NS(=O)(=O)C1CC1)N(c1nc3ccc(F)cc3o1)C2. The third-order valence-corrected chi connectivity index (χ3v) is 8.81. The molecule has 1 fully saturated rings. The van der Waals surface area contributed by atoms with Crippen LogP contribution in [0.1, 0.15) is 29.5 Å². The summed E-state index contributed by atoms with van der Waals surface area (Å²) in [5, 5.41) is -0.567. The van der Waals surface area contributed by atoms with Crippen LogP contribution < -0.4 is 19.1 Å². The predicted octanol–water partition coefficient (Wildman–Crippen LogP) is 4.09. The van der Waals surface area contributed by atoms with Gasteiger partial charge in [0.2, 0.25) is 10.0 Å². The van der Waals surface area contributed by atoms with Gasteiger partial charge in [0.15, 0.2) is 17.1 Å². The average Bonchev–Trinajstić information content (AvgIpc) is 3.72. The number of oxazole rings is 1. The van der Waals surface area contributed by atoms with Crippen molar-refractivity contribution in [1.82, 2.24) is 9.71 Å². The van der Waals surface area contributed by atoms with E-state index in [1.807, 2.05) is 36.4 Å². The number of rotatable bonds is 8. The molecule has 0 spiro atoms. The quantitative estimate of drug-likeness (QED) is 0.349. The Morgan fingerprint density at radius 2 is 1.95 bits per heavy atom. The van der Waals surface area contributed by atoms with Gasteiger partial charge in [-0.05, 0) is 42.2 Å². The van der Waals surface area contributed by atoms with Crippen LogP contribution in [0.3, 0.4) is 0 Å². The molecule has 11 heteroatoms. The molecule has 1 atom stereocenters. The summed E-state index contributed by atoms with van der Waals surface area (Å²) in [4.78, 5) is 19.6. The van der Waals surface area contributed by atoms with Gasteiger partial charge >= 0.3 is 0 Å². The molecule has 3 aromatic carbocycles. The lowest BCUT2D eigenvalue weighted by molar-refractivity contribution is -0.120. The first-order valence-corrected chi connectivity index (χ1v) is 14.1. The molecule has 1 aliphatic heterocycles. The molecule has 202 valence electrons. The first kappa shape index (κ1) is 25.2. The smallest absolute Gasteiger partial charge is 0.299 e. The number of nitrogens with zero attached hydrogens (tertiary/aromatic N) is 2. The molecule has 0 bridgehead atoms. The maximum Gasteiger partial charge on any atom is 0.299 e. The molecule has 0 saturated heterocycles. The van der Waals surface area contributed by atoms with Crippen molar-refractivity contribution in [2.24, 2.45) is 0 Å². The summed E-state index contributed by atoms with van der Waals surface area (Å²) in [5.41, 5.74) is 3.16. The lowest BCUT2D eigenvalue weighted by atomic mass is 9.92. The fraction of sp³-hybridized carbons (Fsp3) is 0.286. The highest BCUT2D eigenvalue weighted by atomic mass is 32.2. The minimum atomic E-state index is -3.80. The number of aromatic nitrogens is 1. The number of hydrogen-bond donors (Lipinski definition) is 1. The highest BCUT2D eigenvalue weighted by molar-refractivity contribution is 7.90. The van der Waals surface area contributed by atoms with Crippen LogP contribution in [0.25, 0.3) is 11.1 Å². The topological polar surface area (TPSA) is 111 Å². The van der Waals surface area contributed by atoms with Crippen molar-refractivity contribution in [1.29, 1.82) is 0 Å². The van der Waals surface area contributed by atoms with E-state index in [0.29, 0.717) is 29.9 Å². The molecule has 1 aliphatic carbocycles. The van der Waals surface area contributed by atoms with Crippen molar-refractivity contribution >= 4 is 33.0 Å². The van der Waals surface area contributed by atoms with Crippen molar-refractivity contribution in [3.63, 3.8) is 0 Å². The summed E-state index contributed by atoms with van der Waals surface area (Å²) < 4.78 is 59.0. The van der Waals surface area contributed by atoms with Crippen LogP contribution in [0.15, 0.2) is 65.1 Å². The fourth-order valence-electron chi connectivity index (χ4n) is 4.78. The average molecular weight is 552 g/mol. The second-order valence-electron chi connectivity index (χ2n) is 9.68. The van der Waals surface area contributed by atoms with E-state index in [4.69, 9.17) is 13.9 Å². The van der Waals surface area contributed by atoms with Crippen LogP contribution in [-0.2, 0) is 34.4 Å². The fourth-order valence-corrected chi connectivity index (χ4v) is 6.12. The van der Waals surface area contributed by atoms with Crippen molar-refractivity contribution in [3.05, 3.63) is 83.2 Å². The Hall–Kier alpha value is -4.12. The third-order valence-electron chi connectivity index (χ3n) is 6.98. The van der Waals surface area contributed by atoms with Gasteiger partial charge in [-0.1, -0.05) is 36.4 Å². The number of amides is 1. The minimum Gasteiger partial charge on any atom is -0.493 e. The second-order valence-corrected chi connectivity index (χ2v) is 11.6. The van der Waals surface area contributed by atoms with Crippen molar-refractivity contribution in [3.8, 4) is 11.5 Å². The molecule has 1 N–H and O–H groups in total. The van der Waals surface area contributed by atoms with E-state index in [0.717, 1.165) is 16.7 Å². The number of ether oxygens (including phenoxy) is 2. The third kappa shape index (κ3) is 5.01. The van der Waals surface area contributed by atoms with Gasteiger partial charge in [-0.3, -0.25) is 9.52 Å². The van der Waals surface area contributed by atoms with Crippen LogP contribution in [0.4, 0.5) is 10.4 Å². The largest absolute Gasteiger partial charge is 0.493 e. The van der Waals surface area contributed by atoms with Crippen LogP contribution in [0, 0.1) is 5.82 Å². The Labute approximate surface area is 224 Å². The lowest BCUT2D eigenvalue weighted by Gasteiger charge is -2.35. The zero-order chi connectivity index (χ0) is 27.1. The van der Waals surface area contributed by atoms with Gasteiger partial charge in [-0.15, -0.1) is 0 Å². The van der Waals surface area contributed by atoms with Crippen molar-refractivity contribution < 1.29 is 31.5 Å². The van der Waals surface area contributed by atoms with E-state index in [9.17, 15) is 17.6 Å². The predicted molar refractivity (Wildman–Crippen MR) is 141 cm³/mol. The number of nitrogens with one attached hydrogen (secondary N) is 1. The number of fused-ring (bicyclic) bond motifs is 2. The number of anilines is 1. The summed E-state index contributed by atoms with van der Waals surface area (Å²) in [6, 6.07) is 16.4. The summed E-state index contributed by atoms with van der Waals surface area (Å²) in [6.07, 6.45) is 1.14. The zero-order valence-electron chi connectivity index (χ0n) is 21.1. The van der Waals surface area contributed by atoms with E-state index in [1.165, 1.54) is 25.3 Å². The molecule has 1 aromatic heterocycles. The lowest BCUT2D eigenvalue weighted by Crippen LogP contribution is -2.52. The monoisotopic (exact) mass is 551 g/mol. The number of carbonyl (C=O) groups is 1. The molecule has 9 nitrogen and oxygen atoms in total. The van der Waals surface area contributed by atoms with E-state index in [1.54, 1.807) is 11.0 Å². The molecule has 2 aliphatic rings. The summed E-state index contributed by atoms with van der Waals surface area (Å²) >= 11 is 0. The van der Waals surface area contributed by atoms with Crippen molar-refractivity contribution in [2.75, 3.05) is 12.0 Å². The molecular formula is C28H26FN3O6S. The normalized spacial score (nSPS) is 17.1. The Morgan fingerprint density at radius 3 is 2.69 bits per heavy atom. The Morgan fingerprint density at radius 1 is 1.15 bits per heavy atom. The number of halogens is 1. The molecule has 1 amide bonds. The van der Waals surface area contributed by atoms with Gasteiger partial charge in [0.05, 0.1) is 12.4 Å². The summed E-state index contributed by atoms with van der Waals surface area (Å²) in [6.45, 7) is 0.457. The van der Waals surface area contributed by atoms with E-state index in [2.05, 4.69) is 9.71 Å². The Balaban J connectivity index is 1.39. The van der Waals surface area contributed by atoms with Gasteiger partial charge in [0, 0.05) is 24.6 Å². The van der Waals surface area contributed by atoms with Crippen molar-refractivity contribution in [2.45, 2.75) is 43.7 Å². The van der Waals surface area contributed by atoms with Gasteiger partial charge in [0.1, 0.15) is 24.0 Å². The maximum atomic E-state index is 13.8. The molecule has 4 aromatic rings. The number of methoxy groups -OCH3 is 1. The molecule has 0 radical (unpaired) electrons. The van der Waals surface area contributed by atoms with Gasteiger partial charge in [-0.2, -0.15) is 4.98 Å². The van der Waals surface area contributed by atoms with Crippen LogP contribution in [0.2, 0.25) is 0 Å². The zero-order valence-corrected chi connectivity index (χ0v) is 21.9. The Bertz CT molecular complexity index is 1650.